The summed E-state index contributed by atoms with van der Waals surface area (Å²) in [6.07, 6.45) is 4.57. The SMILES string of the molecule is COCCCN1CCN(C(=O)C2CCC2)CC1. The number of carbonyl (C=O) groups excluding carboxylic acids is 1. The normalized spacial score (nSPS) is 22.5. The second-order valence-corrected chi connectivity index (χ2v) is 5.14. The van der Waals surface area contributed by atoms with Gasteiger partial charge in [0.1, 0.15) is 0 Å². The average molecular weight is 240 g/mol. The van der Waals surface area contributed by atoms with Crippen LogP contribution in [0.2, 0.25) is 0 Å². The summed E-state index contributed by atoms with van der Waals surface area (Å²) in [5.74, 6) is 0.767. The fraction of sp³-hybridized carbons (Fsp3) is 0.923. The molecule has 1 aliphatic carbocycles. The lowest BCUT2D eigenvalue weighted by Crippen LogP contribution is -2.51. The third-order valence-corrected chi connectivity index (χ3v) is 3.96. The predicted octanol–water partition coefficient (Wildman–Crippen LogP) is 0.967. The van der Waals surface area contributed by atoms with Crippen molar-refractivity contribution in [2.45, 2.75) is 25.7 Å². The van der Waals surface area contributed by atoms with Gasteiger partial charge in [-0.05, 0) is 19.3 Å². The minimum absolute atomic E-state index is 0.357. The molecule has 0 bridgehead atoms. The summed E-state index contributed by atoms with van der Waals surface area (Å²) >= 11 is 0. The topological polar surface area (TPSA) is 32.8 Å². The van der Waals surface area contributed by atoms with Crippen LogP contribution in [0.15, 0.2) is 0 Å². The number of carbonyl (C=O) groups is 1. The van der Waals surface area contributed by atoms with E-state index in [0.29, 0.717) is 11.8 Å². The maximum atomic E-state index is 12.0. The van der Waals surface area contributed by atoms with E-state index in [-0.39, 0.29) is 0 Å². The van der Waals surface area contributed by atoms with E-state index in [0.717, 1.165) is 58.6 Å². The molecule has 4 nitrogen and oxygen atoms in total. The first-order valence-electron chi connectivity index (χ1n) is 6.81. The smallest absolute Gasteiger partial charge is 0.225 e. The average Bonchev–Trinajstić information content (AvgIpc) is 2.28. The van der Waals surface area contributed by atoms with Crippen molar-refractivity contribution >= 4 is 5.91 Å². The van der Waals surface area contributed by atoms with E-state index in [1.165, 1.54) is 6.42 Å². The fourth-order valence-electron chi connectivity index (χ4n) is 2.54. The Balaban J connectivity index is 1.65. The van der Waals surface area contributed by atoms with E-state index in [1.807, 2.05) is 0 Å². The number of nitrogens with zero attached hydrogens (tertiary/aromatic N) is 2. The molecule has 1 amide bonds. The van der Waals surface area contributed by atoms with Gasteiger partial charge in [-0.2, -0.15) is 0 Å². The monoisotopic (exact) mass is 240 g/mol. The van der Waals surface area contributed by atoms with E-state index in [1.54, 1.807) is 7.11 Å². The van der Waals surface area contributed by atoms with Gasteiger partial charge in [0.15, 0.2) is 0 Å². The van der Waals surface area contributed by atoms with Gasteiger partial charge in [0, 0.05) is 52.4 Å². The Kier molecular flexibility index (Phi) is 4.80. The molecule has 17 heavy (non-hydrogen) atoms. The van der Waals surface area contributed by atoms with Crippen LogP contribution >= 0.6 is 0 Å². The van der Waals surface area contributed by atoms with Crippen molar-refractivity contribution in [1.29, 1.82) is 0 Å². The third kappa shape index (κ3) is 3.42. The Morgan fingerprint density at radius 2 is 1.94 bits per heavy atom. The summed E-state index contributed by atoms with van der Waals surface area (Å²) in [5, 5.41) is 0. The second-order valence-electron chi connectivity index (χ2n) is 5.14. The van der Waals surface area contributed by atoms with Crippen LogP contribution in [0.5, 0.6) is 0 Å². The highest BCUT2D eigenvalue weighted by atomic mass is 16.5. The first-order valence-corrected chi connectivity index (χ1v) is 6.81. The lowest BCUT2D eigenvalue weighted by atomic mass is 9.84. The molecular formula is C13H24N2O2. The van der Waals surface area contributed by atoms with E-state index in [2.05, 4.69) is 9.80 Å². The highest BCUT2D eigenvalue weighted by molar-refractivity contribution is 5.79. The quantitative estimate of drug-likeness (QED) is 0.671. The van der Waals surface area contributed by atoms with Crippen LogP contribution < -0.4 is 0 Å². The number of piperazine rings is 1. The number of methoxy groups -OCH3 is 1. The molecule has 0 N–H and O–H groups in total. The zero-order valence-corrected chi connectivity index (χ0v) is 10.9. The first-order chi connectivity index (χ1) is 8.31. The Labute approximate surface area is 104 Å². The van der Waals surface area contributed by atoms with Crippen LogP contribution in [0, 0.1) is 5.92 Å². The van der Waals surface area contributed by atoms with Gasteiger partial charge < -0.3 is 9.64 Å². The van der Waals surface area contributed by atoms with Gasteiger partial charge in [-0.3, -0.25) is 9.69 Å². The van der Waals surface area contributed by atoms with E-state index >= 15 is 0 Å². The zero-order valence-electron chi connectivity index (χ0n) is 10.9. The maximum absolute atomic E-state index is 12.0. The molecule has 1 aliphatic heterocycles. The van der Waals surface area contributed by atoms with Crippen molar-refractivity contribution in [2.24, 2.45) is 5.92 Å². The Hall–Kier alpha value is -0.610. The Bertz CT molecular complexity index is 246. The molecule has 2 rings (SSSR count). The molecule has 2 fully saturated rings. The number of hydrogen-bond donors (Lipinski definition) is 0. The first kappa shape index (κ1) is 12.8. The summed E-state index contributed by atoms with van der Waals surface area (Å²) in [6.45, 7) is 5.83. The van der Waals surface area contributed by atoms with E-state index in [9.17, 15) is 4.79 Å². The fourth-order valence-corrected chi connectivity index (χ4v) is 2.54. The minimum Gasteiger partial charge on any atom is -0.385 e. The standard InChI is InChI=1S/C13H24N2O2/c1-17-11-3-6-14-7-9-15(10-8-14)13(16)12-4-2-5-12/h12H,2-11H2,1H3. The lowest BCUT2D eigenvalue weighted by Gasteiger charge is -2.38. The molecule has 0 aromatic heterocycles. The molecule has 4 heteroatoms. The highest BCUT2D eigenvalue weighted by Gasteiger charge is 2.30. The van der Waals surface area contributed by atoms with Crippen molar-refractivity contribution in [3.8, 4) is 0 Å². The lowest BCUT2D eigenvalue weighted by molar-refractivity contribution is -0.139. The zero-order chi connectivity index (χ0) is 12.1. The summed E-state index contributed by atoms with van der Waals surface area (Å²) in [6, 6.07) is 0. The minimum atomic E-state index is 0.357. The van der Waals surface area contributed by atoms with Gasteiger partial charge >= 0.3 is 0 Å². The van der Waals surface area contributed by atoms with Gasteiger partial charge in [-0.25, -0.2) is 0 Å². The number of amides is 1. The maximum Gasteiger partial charge on any atom is 0.225 e. The molecule has 0 atom stereocenters. The third-order valence-electron chi connectivity index (χ3n) is 3.96. The summed E-state index contributed by atoms with van der Waals surface area (Å²) < 4.78 is 5.05. The molecule has 0 spiro atoms. The molecule has 0 radical (unpaired) electrons. The van der Waals surface area contributed by atoms with Crippen molar-refractivity contribution in [2.75, 3.05) is 46.4 Å². The van der Waals surface area contributed by atoms with Crippen LogP contribution in [0.1, 0.15) is 25.7 Å². The van der Waals surface area contributed by atoms with Crippen molar-refractivity contribution < 1.29 is 9.53 Å². The van der Waals surface area contributed by atoms with E-state index in [4.69, 9.17) is 4.74 Å². The van der Waals surface area contributed by atoms with E-state index < -0.39 is 0 Å². The summed E-state index contributed by atoms with van der Waals surface area (Å²) in [4.78, 5) is 16.5. The molecule has 0 unspecified atom stereocenters. The molecule has 2 aliphatic rings. The van der Waals surface area contributed by atoms with Crippen LogP contribution in [0.25, 0.3) is 0 Å². The molecule has 0 aromatic rings. The van der Waals surface area contributed by atoms with Crippen molar-refractivity contribution in [3.63, 3.8) is 0 Å². The molecule has 98 valence electrons. The number of rotatable bonds is 5. The van der Waals surface area contributed by atoms with Crippen LogP contribution in [0.3, 0.4) is 0 Å². The summed E-state index contributed by atoms with van der Waals surface area (Å²) in [5.41, 5.74) is 0. The van der Waals surface area contributed by atoms with Gasteiger partial charge in [0.05, 0.1) is 0 Å². The van der Waals surface area contributed by atoms with Crippen LogP contribution in [-0.4, -0.2) is 62.1 Å². The molecule has 1 saturated carbocycles. The number of hydrogen-bond acceptors (Lipinski definition) is 3. The Morgan fingerprint density at radius 1 is 1.24 bits per heavy atom. The predicted molar refractivity (Wildman–Crippen MR) is 66.9 cm³/mol. The van der Waals surface area contributed by atoms with Crippen molar-refractivity contribution in [3.05, 3.63) is 0 Å². The van der Waals surface area contributed by atoms with Gasteiger partial charge in [0.25, 0.3) is 0 Å². The number of ether oxygens (including phenoxy) is 1. The van der Waals surface area contributed by atoms with Crippen LogP contribution in [-0.2, 0) is 9.53 Å². The molecule has 1 heterocycles. The van der Waals surface area contributed by atoms with Gasteiger partial charge in [-0.15, -0.1) is 0 Å². The summed E-state index contributed by atoms with van der Waals surface area (Å²) in [7, 11) is 1.75. The molecule has 0 aromatic carbocycles. The molecule has 1 saturated heterocycles. The largest absolute Gasteiger partial charge is 0.385 e. The van der Waals surface area contributed by atoms with Crippen LogP contribution in [0.4, 0.5) is 0 Å². The molecular weight excluding hydrogens is 216 g/mol. The van der Waals surface area contributed by atoms with Gasteiger partial charge in [-0.1, -0.05) is 6.42 Å². The van der Waals surface area contributed by atoms with Gasteiger partial charge in [0.2, 0.25) is 5.91 Å². The Morgan fingerprint density at radius 3 is 2.47 bits per heavy atom. The highest BCUT2D eigenvalue weighted by Crippen LogP contribution is 2.28. The second kappa shape index (κ2) is 6.36. The van der Waals surface area contributed by atoms with Crippen molar-refractivity contribution in [1.82, 2.24) is 9.80 Å².